The van der Waals surface area contributed by atoms with Gasteiger partial charge in [-0.05, 0) is 48.4 Å². The van der Waals surface area contributed by atoms with Crippen LogP contribution < -0.4 is 20.1 Å². The fourth-order valence-corrected chi connectivity index (χ4v) is 2.79. The second kappa shape index (κ2) is 8.75. The summed E-state index contributed by atoms with van der Waals surface area (Å²) in [7, 11) is 0. The molecule has 1 heterocycles. The van der Waals surface area contributed by atoms with E-state index in [1.54, 1.807) is 37.3 Å². The highest BCUT2D eigenvalue weighted by molar-refractivity contribution is 6.32. The van der Waals surface area contributed by atoms with Crippen LogP contribution in [0.25, 0.3) is 6.08 Å². The zero-order valence-electron chi connectivity index (χ0n) is 15.1. The first-order valence-corrected chi connectivity index (χ1v) is 8.91. The van der Waals surface area contributed by atoms with Gasteiger partial charge >= 0.3 is 0 Å². The molecule has 0 unspecified atom stereocenters. The lowest BCUT2D eigenvalue weighted by atomic mass is 10.1. The standard InChI is InChI=1S/C20H18ClFN2O4/c1-12-2-4-14(10-16(12)22)20(26)24-7-6-23-18(25)5-3-13-8-15(21)19-17(9-13)27-11-28-19/h2-5,8-10H,6-7,11H2,1H3,(H,23,25)(H,24,26)/b5-3+. The lowest BCUT2D eigenvalue weighted by Gasteiger charge is -2.07. The second-order valence-corrected chi connectivity index (χ2v) is 6.49. The van der Waals surface area contributed by atoms with E-state index in [4.69, 9.17) is 21.1 Å². The van der Waals surface area contributed by atoms with E-state index in [0.717, 1.165) is 0 Å². The number of hydrogen-bond acceptors (Lipinski definition) is 4. The maximum absolute atomic E-state index is 13.5. The predicted octanol–water partition coefficient (Wildman–Crippen LogP) is 3.08. The molecule has 0 aliphatic carbocycles. The Kier molecular flexibility index (Phi) is 6.16. The fraction of sp³-hybridized carbons (Fsp3) is 0.200. The molecule has 2 amide bonds. The third kappa shape index (κ3) is 4.80. The van der Waals surface area contributed by atoms with Gasteiger partial charge in [-0.2, -0.15) is 0 Å². The van der Waals surface area contributed by atoms with Crippen molar-refractivity contribution in [1.82, 2.24) is 10.6 Å². The van der Waals surface area contributed by atoms with Gasteiger partial charge in [0.2, 0.25) is 12.7 Å². The molecule has 6 nitrogen and oxygen atoms in total. The third-order valence-electron chi connectivity index (χ3n) is 4.02. The van der Waals surface area contributed by atoms with Crippen LogP contribution in [0.4, 0.5) is 4.39 Å². The van der Waals surface area contributed by atoms with Gasteiger partial charge in [0.05, 0.1) is 5.02 Å². The van der Waals surface area contributed by atoms with Gasteiger partial charge in [0.15, 0.2) is 11.5 Å². The Morgan fingerprint density at radius 2 is 1.96 bits per heavy atom. The highest BCUT2D eigenvalue weighted by atomic mass is 35.5. The van der Waals surface area contributed by atoms with E-state index in [-0.39, 0.29) is 31.4 Å². The molecule has 3 rings (SSSR count). The molecular weight excluding hydrogens is 387 g/mol. The molecule has 0 bridgehead atoms. The van der Waals surface area contributed by atoms with Gasteiger partial charge in [-0.25, -0.2) is 4.39 Å². The number of benzene rings is 2. The molecule has 2 aromatic carbocycles. The van der Waals surface area contributed by atoms with Crippen LogP contribution in [-0.2, 0) is 4.79 Å². The molecule has 146 valence electrons. The summed E-state index contributed by atoms with van der Waals surface area (Å²) in [5.74, 6) is -0.145. The topological polar surface area (TPSA) is 76.7 Å². The van der Waals surface area contributed by atoms with Crippen LogP contribution in [0.3, 0.4) is 0 Å². The Hall–Kier alpha value is -3.06. The summed E-state index contributed by atoms with van der Waals surface area (Å²) in [6.07, 6.45) is 2.95. The summed E-state index contributed by atoms with van der Waals surface area (Å²) in [6.45, 7) is 2.18. The number of hydrogen-bond donors (Lipinski definition) is 2. The van der Waals surface area contributed by atoms with E-state index in [0.29, 0.717) is 27.6 Å². The van der Waals surface area contributed by atoms with E-state index < -0.39 is 11.7 Å². The van der Waals surface area contributed by atoms with Crippen molar-refractivity contribution in [2.24, 2.45) is 0 Å². The van der Waals surface area contributed by atoms with Crippen LogP contribution in [0.1, 0.15) is 21.5 Å². The van der Waals surface area contributed by atoms with Crippen molar-refractivity contribution in [3.8, 4) is 11.5 Å². The summed E-state index contributed by atoms with van der Waals surface area (Å²) in [5.41, 5.74) is 1.40. The van der Waals surface area contributed by atoms with Gasteiger partial charge in [-0.3, -0.25) is 9.59 Å². The van der Waals surface area contributed by atoms with Crippen LogP contribution in [0, 0.1) is 12.7 Å². The molecule has 2 N–H and O–H groups in total. The number of ether oxygens (including phenoxy) is 2. The highest BCUT2D eigenvalue weighted by Crippen LogP contribution is 2.40. The van der Waals surface area contributed by atoms with Crippen LogP contribution >= 0.6 is 11.6 Å². The number of aryl methyl sites for hydroxylation is 1. The van der Waals surface area contributed by atoms with Crippen LogP contribution in [0.5, 0.6) is 11.5 Å². The number of halogens is 2. The van der Waals surface area contributed by atoms with E-state index in [9.17, 15) is 14.0 Å². The van der Waals surface area contributed by atoms with Crippen LogP contribution in [-0.4, -0.2) is 31.7 Å². The molecule has 1 aliphatic heterocycles. The lowest BCUT2D eigenvalue weighted by molar-refractivity contribution is -0.116. The van der Waals surface area contributed by atoms with Crippen molar-refractivity contribution in [2.75, 3.05) is 19.9 Å². The van der Waals surface area contributed by atoms with Crippen molar-refractivity contribution in [3.63, 3.8) is 0 Å². The van der Waals surface area contributed by atoms with E-state index in [2.05, 4.69) is 10.6 Å². The van der Waals surface area contributed by atoms with Crippen LogP contribution in [0.15, 0.2) is 36.4 Å². The smallest absolute Gasteiger partial charge is 0.251 e. The minimum absolute atomic E-state index is 0.115. The minimum Gasteiger partial charge on any atom is -0.454 e. The van der Waals surface area contributed by atoms with Crippen molar-refractivity contribution < 1.29 is 23.5 Å². The summed E-state index contributed by atoms with van der Waals surface area (Å²) in [5, 5.41) is 5.67. The van der Waals surface area contributed by atoms with E-state index in [1.165, 1.54) is 12.1 Å². The molecule has 28 heavy (non-hydrogen) atoms. The Labute approximate surface area is 166 Å². The summed E-state index contributed by atoms with van der Waals surface area (Å²) < 4.78 is 24.0. The first-order chi connectivity index (χ1) is 13.4. The van der Waals surface area contributed by atoms with Crippen LogP contribution in [0.2, 0.25) is 5.02 Å². The molecule has 0 spiro atoms. The Bertz CT molecular complexity index is 946. The van der Waals surface area contributed by atoms with Gasteiger partial charge in [0.1, 0.15) is 5.82 Å². The zero-order valence-corrected chi connectivity index (χ0v) is 15.8. The maximum atomic E-state index is 13.5. The maximum Gasteiger partial charge on any atom is 0.251 e. The van der Waals surface area contributed by atoms with Crippen molar-refractivity contribution in [1.29, 1.82) is 0 Å². The zero-order chi connectivity index (χ0) is 20.1. The van der Waals surface area contributed by atoms with Gasteiger partial charge in [-0.1, -0.05) is 17.7 Å². The Balaban J connectivity index is 1.44. The molecule has 0 radical (unpaired) electrons. The van der Waals surface area contributed by atoms with Crippen molar-refractivity contribution in [2.45, 2.75) is 6.92 Å². The lowest BCUT2D eigenvalue weighted by Crippen LogP contribution is -2.34. The fourth-order valence-electron chi connectivity index (χ4n) is 2.51. The summed E-state index contributed by atoms with van der Waals surface area (Å²) >= 11 is 6.09. The Morgan fingerprint density at radius 3 is 2.75 bits per heavy atom. The van der Waals surface area contributed by atoms with Gasteiger partial charge in [-0.15, -0.1) is 0 Å². The molecule has 0 saturated carbocycles. The van der Waals surface area contributed by atoms with Gasteiger partial charge < -0.3 is 20.1 Å². The molecule has 0 aromatic heterocycles. The predicted molar refractivity (Wildman–Crippen MR) is 103 cm³/mol. The molecular formula is C20H18ClFN2O4. The molecule has 2 aromatic rings. The molecule has 0 fully saturated rings. The number of amides is 2. The SMILES string of the molecule is Cc1ccc(C(=O)NCCNC(=O)/C=C/c2cc(Cl)c3c(c2)OCO3)cc1F. The number of carbonyl (C=O) groups excluding carboxylic acids is 2. The second-order valence-electron chi connectivity index (χ2n) is 6.08. The minimum atomic E-state index is -0.435. The monoisotopic (exact) mass is 404 g/mol. The van der Waals surface area contributed by atoms with Crippen molar-refractivity contribution >= 4 is 29.5 Å². The first-order valence-electron chi connectivity index (χ1n) is 8.53. The quantitative estimate of drug-likeness (QED) is 0.573. The van der Waals surface area contributed by atoms with Gasteiger partial charge in [0, 0.05) is 24.7 Å². The normalized spacial score (nSPS) is 12.2. The largest absolute Gasteiger partial charge is 0.454 e. The van der Waals surface area contributed by atoms with E-state index in [1.807, 2.05) is 0 Å². The summed E-state index contributed by atoms with van der Waals surface area (Å²) in [4.78, 5) is 23.8. The Morgan fingerprint density at radius 1 is 1.18 bits per heavy atom. The molecule has 0 saturated heterocycles. The van der Waals surface area contributed by atoms with Gasteiger partial charge in [0.25, 0.3) is 5.91 Å². The number of fused-ring (bicyclic) bond motifs is 1. The van der Waals surface area contributed by atoms with Crippen molar-refractivity contribution in [3.05, 3.63) is 63.9 Å². The molecule has 1 aliphatic rings. The van der Waals surface area contributed by atoms with E-state index >= 15 is 0 Å². The number of nitrogens with one attached hydrogen (secondary N) is 2. The number of carbonyl (C=O) groups is 2. The number of rotatable bonds is 6. The molecule has 0 atom stereocenters. The average Bonchev–Trinajstić information content (AvgIpc) is 3.15. The average molecular weight is 405 g/mol. The highest BCUT2D eigenvalue weighted by Gasteiger charge is 2.17. The first kappa shape index (κ1) is 19.7. The molecule has 8 heteroatoms. The summed E-state index contributed by atoms with van der Waals surface area (Å²) in [6, 6.07) is 7.66. The third-order valence-corrected chi connectivity index (χ3v) is 4.30.